The van der Waals surface area contributed by atoms with Crippen molar-refractivity contribution in [3.63, 3.8) is 0 Å². The molecule has 0 aliphatic carbocycles. The summed E-state index contributed by atoms with van der Waals surface area (Å²) in [5.41, 5.74) is 9.99. The summed E-state index contributed by atoms with van der Waals surface area (Å²) in [7, 11) is 2.06. The third-order valence-electron chi connectivity index (χ3n) is 6.54. The molecule has 2 heterocycles. The Kier molecular flexibility index (Phi) is 5.02. The van der Waals surface area contributed by atoms with Gasteiger partial charge in [0.15, 0.2) is 11.9 Å². The van der Waals surface area contributed by atoms with Gasteiger partial charge in [-0.3, -0.25) is 0 Å². The molecular weight excluding hydrogens is 404 g/mol. The van der Waals surface area contributed by atoms with E-state index in [1.54, 1.807) is 0 Å². The number of rotatable bonds is 3. The quantitative estimate of drug-likeness (QED) is 0.209. The number of hydrogen-bond acceptors (Lipinski definition) is 1. The van der Waals surface area contributed by atoms with Gasteiger partial charge in [-0.1, -0.05) is 62.4 Å². The van der Waals surface area contributed by atoms with E-state index in [4.69, 9.17) is 11.0 Å². The average Bonchev–Trinajstić information content (AvgIpc) is 3.18. The van der Waals surface area contributed by atoms with Crippen LogP contribution in [0.2, 0.25) is 0 Å². The molecule has 2 aromatic heterocycles. The van der Waals surface area contributed by atoms with Crippen LogP contribution >= 0.6 is 0 Å². The predicted molar refractivity (Wildman–Crippen MR) is 136 cm³/mol. The maximum Gasteiger partial charge on any atom is 0.216 e. The van der Waals surface area contributed by atoms with Gasteiger partial charge >= 0.3 is 0 Å². The second-order valence-electron chi connectivity index (χ2n) is 9.16. The Morgan fingerprint density at radius 2 is 1.52 bits per heavy atom. The van der Waals surface area contributed by atoms with Gasteiger partial charge in [-0.05, 0) is 42.0 Å². The normalized spacial score (nSPS) is 11.4. The summed E-state index contributed by atoms with van der Waals surface area (Å²) >= 11 is 0. The molecule has 0 bridgehead atoms. The van der Waals surface area contributed by atoms with E-state index in [0.29, 0.717) is 11.6 Å². The molecule has 5 rings (SSSR count). The number of furan rings is 1. The highest BCUT2D eigenvalue weighted by Gasteiger charge is 2.23. The molecule has 5 aromatic rings. The minimum Gasteiger partial charge on any atom is -0.456 e. The molecule has 0 radical (unpaired) electrons. The summed E-state index contributed by atoms with van der Waals surface area (Å²) in [5.74, 6) is 0.460. The van der Waals surface area contributed by atoms with Gasteiger partial charge in [-0.2, -0.15) is 0 Å². The van der Waals surface area contributed by atoms with Gasteiger partial charge in [0, 0.05) is 28.5 Å². The first-order valence-corrected chi connectivity index (χ1v) is 11.3. The molecule has 0 aliphatic rings. The number of aromatic nitrogens is 1. The Hall–Kier alpha value is -3.90. The molecule has 0 saturated carbocycles. The largest absolute Gasteiger partial charge is 0.456 e. The van der Waals surface area contributed by atoms with Crippen LogP contribution in [0.25, 0.3) is 49.2 Å². The number of hydrogen-bond donors (Lipinski definition) is 0. The Morgan fingerprint density at radius 3 is 2.18 bits per heavy atom. The Morgan fingerprint density at radius 1 is 0.848 bits per heavy atom. The molecule has 33 heavy (non-hydrogen) atoms. The van der Waals surface area contributed by atoms with E-state index in [0.717, 1.165) is 49.9 Å². The van der Waals surface area contributed by atoms with E-state index >= 15 is 0 Å². The van der Waals surface area contributed by atoms with Gasteiger partial charge in [0.25, 0.3) is 0 Å². The van der Waals surface area contributed by atoms with Gasteiger partial charge < -0.3 is 4.42 Å². The predicted octanol–water partition coefficient (Wildman–Crippen LogP) is 8.04. The topological polar surface area (TPSA) is 21.4 Å². The number of benzene rings is 3. The molecule has 0 spiro atoms. The highest BCUT2D eigenvalue weighted by Crippen LogP contribution is 2.44. The highest BCUT2D eigenvalue weighted by molar-refractivity contribution is 6.15. The molecule has 3 nitrogen and oxygen atoms in total. The van der Waals surface area contributed by atoms with E-state index in [-0.39, 0.29) is 0 Å². The SMILES string of the molecule is [C-]#[N+]c1ccc2c(oc3c(-c4cc(C)cc[n+]4C)c(C)ccc32)c1-c1ccc(C(C)C)cc1. The number of nitrogens with zero attached hydrogens (tertiary/aromatic N) is 2. The average molecular weight is 432 g/mol. The van der Waals surface area contributed by atoms with Crippen molar-refractivity contribution in [3.05, 3.63) is 95.0 Å². The molecule has 3 heteroatoms. The molecular formula is C30H27N2O+. The Labute approximate surface area is 194 Å². The molecule has 0 atom stereocenters. The van der Waals surface area contributed by atoms with Crippen LogP contribution in [0.4, 0.5) is 5.69 Å². The first kappa shape index (κ1) is 21.0. The lowest BCUT2D eigenvalue weighted by molar-refractivity contribution is -0.660. The van der Waals surface area contributed by atoms with Crippen LogP contribution < -0.4 is 4.57 Å². The van der Waals surface area contributed by atoms with E-state index in [1.807, 2.05) is 12.1 Å². The fourth-order valence-electron chi connectivity index (χ4n) is 4.64. The number of fused-ring (bicyclic) bond motifs is 3. The summed E-state index contributed by atoms with van der Waals surface area (Å²) in [6.45, 7) is 16.4. The number of pyridine rings is 1. The Balaban J connectivity index is 1.86. The smallest absolute Gasteiger partial charge is 0.216 e. The third kappa shape index (κ3) is 3.39. The van der Waals surface area contributed by atoms with Crippen molar-refractivity contribution in [1.29, 1.82) is 0 Å². The van der Waals surface area contributed by atoms with Crippen molar-refractivity contribution in [2.45, 2.75) is 33.6 Å². The van der Waals surface area contributed by atoms with Crippen molar-refractivity contribution >= 4 is 27.6 Å². The van der Waals surface area contributed by atoms with E-state index < -0.39 is 0 Å². The minimum atomic E-state index is 0.460. The van der Waals surface area contributed by atoms with Crippen molar-refractivity contribution in [3.8, 4) is 22.4 Å². The lowest BCUT2D eigenvalue weighted by atomic mass is 9.96. The van der Waals surface area contributed by atoms with Crippen molar-refractivity contribution < 1.29 is 8.98 Å². The summed E-state index contributed by atoms with van der Waals surface area (Å²) in [5, 5.41) is 2.11. The van der Waals surface area contributed by atoms with Crippen LogP contribution in [0.15, 0.2) is 71.3 Å². The van der Waals surface area contributed by atoms with Gasteiger partial charge in [0.1, 0.15) is 18.2 Å². The van der Waals surface area contributed by atoms with Crippen LogP contribution in [0.1, 0.15) is 36.5 Å². The second kappa shape index (κ2) is 7.90. The molecule has 3 aromatic carbocycles. The highest BCUT2D eigenvalue weighted by atomic mass is 16.3. The first-order chi connectivity index (χ1) is 15.9. The van der Waals surface area contributed by atoms with Gasteiger partial charge in [-0.25, -0.2) is 9.41 Å². The summed E-state index contributed by atoms with van der Waals surface area (Å²) in [6, 6.07) is 21.1. The standard InChI is InChI=1S/C30H27N2O/c1-18(2)21-8-10-22(11-9-21)28-25(31-5)14-13-24-23-12-7-20(4)27(29(23)33-30(24)28)26-17-19(3)15-16-32(26)6/h7-18H,1-4,6H3/q+1. The number of aryl methyl sites for hydroxylation is 3. The van der Waals surface area contributed by atoms with E-state index in [2.05, 4.69) is 98.9 Å². The van der Waals surface area contributed by atoms with E-state index in [1.165, 1.54) is 11.1 Å². The molecule has 0 saturated heterocycles. The fraction of sp³-hybridized carbons (Fsp3) is 0.200. The summed E-state index contributed by atoms with van der Waals surface area (Å²) < 4.78 is 8.80. The van der Waals surface area contributed by atoms with Crippen LogP contribution in [0.5, 0.6) is 0 Å². The van der Waals surface area contributed by atoms with Crippen LogP contribution in [0, 0.1) is 20.4 Å². The first-order valence-electron chi connectivity index (χ1n) is 11.3. The van der Waals surface area contributed by atoms with Gasteiger partial charge in [0.05, 0.1) is 12.1 Å². The van der Waals surface area contributed by atoms with Crippen LogP contribution in [0.3, 0.4) is 0 Å². The molecule has 0 amide bonds. The van der Waals surface area contributed by atoms with Crippen molar-refractivity contribution in [2.75, 3.05) is 0 Å². The molecule has 0 fully saturated rings. The fourth-order valence-corrected chi connectivity index (χ4v) is 4.64. The van der Waals surface area contributed by atoms with Gasteiger partial charge in [0.2, 0.25) is 5.69 Å². The molecule has 0 aliphatic heterocycles. The lowest BCUT2D eigenvalue weighted by Crippen LogP contribution is -2.30. The van der Waals surface area contributed by atoms with Crippen LogP contribution in [-0.2, 0) is 7.05 Å². The van der Waals surface area contributed by atoms with Crippen molar-refractivity contribution in [2.24, 2.45) is 7.05 Å². The summed E-state index contributed by atoms with van der Waals surface area (Å²) in [6.07, 6.45) is 2.09. The second-order valence-corrected chi connectivity index (χ2v) is 9.16. The van der Waals surface area contributed by atoms with Crippen molar-refractivity contribution in [1.82, 2.24) is 0 Å². The zero-order valence-corrected chi connectivity index (χ0v) is 19.7. The summed E-state index contributed by atoms with van der Waals surface area (Å²) in [4.78, 5) is 3.83. The Bertz CT molecular complexity index is 1560. The molecule has 162 valence electrons. The molecule has 0 unspecified atom stereocenters. The van der Waals surface area contributed by atoms with E-state index in [9.17, 15) is 0 Å². The zero-order chi connectivity index (χ0) is 23.3. The van der Waals surface area contributed by atoms with Crippen LogP contribution in [-0.4, -0.2) is 0 Å². The molecule has 0 N–H and O–H groups in total. The van der Waals surface area contributed by atoms with Gasteiger partial charge in [-0.15, -0.1) is 0 Å². The third-order valence-corrected chi connectivity index (χ3v) is 6.54. The lowest BCUT2D eigenvalue weighted by Gasteiger charge is -2.09. The maximum atomic E-state index is 7.80. The zero-order valence-electron chi connectivity index (χ0n) is 19.7. The minimum absolute atomic E-state index is 0.460. The maximum absolute atomic E-state index is 7.80. The monoisotopic (exact) mass is 431 g/mol.